The number of hydrogen-bond acceptors (Lipinski definition) is 3. The lowest BCUT2D eigenvalue weighted by molar-refractivity contribution is -0.112. The molecule has 1 aliphatic heterocycles. The predicted octanol–water partition coefficient (Wildman–Crippen LogP) is 5.01. The summed E-state index contributed by atoms with van der Waals surface area (Å²) >= 11 is 1.20. The molecule has 0 unspecified atom stereocenters. The molecule has 1 aliphatic rings. The van der Waals surface area contributed by atoms with E-state index >= 15 is 0 Å². The van der Waals surface area contributed by atoms with Gasteiger partial charge in [0.25, 0.3) is 5.12 Å². The van der Waals surface area contributed by atoms with Gasteiger partial charge in [-0.1, -0.05) is 66.4 Å². The van der Waals surface area contributed by atoms with Crippen LogP contribution in [-0.2, 0) is 9.53 Å². The van der Waals surface area contributed by atoms with Crippen molar-refractivity contribution in [1.82, 2.24) is 0 Å². The van der Waals surface area contributed by atoms with Gasteiger partial charge in [0.2, 0.25) is 0 Å². The molecule has 0 saturated heterocycles. The third-order valence-corrected chi connectivity index (χ3v) is 4.81. The molecule has 0 spiro atoms. The van der Waals surface area contributed by atoms with Gasteiger partial charge in [-0.25, -0.2) is 0 Å². The van der Waals surface area contributed by atoms with Gasteiger partial charge in [0.1, 0.15) is 6.10 Å². The first-order valence-electron chi connectivity index (χ1n) is 7.76. The van der Waals surface area contributed by atoms with Crippen molar-refractivity contribution in [3.05, 3.63) is 83.1 Å². The highest BCUT2D eigenvalue weighted by Gasteiger charge is 2.29. The zero-order valence-corrected chi connectivity index (χ0v) is 14.2. The number of rotatable bonds is 3. The molecular formula is C20H20O2S. The van der Waals surface area contributed by atoms with E-state index in [0.717, 1.165) is 12.0 Å². The van der Waals surface area contributed by atoms with E-state index in [1.54, 1.807) is 6.26 Å². The Morgan fingerprint density at radius 3 is 2.48 bits per heavy atom. The summed E-state index contributed by atoms with van der Waals surface area (Å²) in [6.07, 6.45) is 4.53. The van der Waals surface area contributed by atoms with Gasteiger partial charge < -0.3 is 4.74 Å². The van der Waals surface area contributed by atoms with Crippen LogP contribution in [-0.4, -0.2) is 11.4 Å². The Morgan fingerprint density at radius 1 is 1.09 bits per heavy atom. The van der Waals surface area contributed by atoms with Crippen LogP contribution in [0.15, 0.2) is 66.4 Å². The molecule has 118 valence electrons. The average molecular weight is 324 g/mol. The Kier molecular flexibility index (Phi) is 4.87. The highest BCUT2D eigenvalue weighted by Crippen LogP contribution is 2.40. The maximum atomic E-state index is 12.2. The molecule has 0 radical (unpaired) electrons. The summed E-state index contributed by atoms with van der Waals surface area (Å²) in [5.74, 6) is 0.673. The number of allylic oxidation sites excluding steroid dienone is 1. The summed E-state index contributed by atoms with van der Waals surface area (Å²) in [5, 5.41) is -0.00999. The van der Waals surface area contributed by atoms with Crippen LogP contribution in [0.1, 0.15) is 35.1 Å². The first-order chi connectivity index (χ1) is 11.2. The molecule has 3 rings (SSSR count). The number of carbonyl (C=O) groups is 1. The minimum Gasteiger partial charge on any atom is -0.481 e. The Labute approximate surface area is 141 Å². The molecule has 2 aromatic carbocycles. The van der Waals surface area contributed by atoms with Crippen molar-refractivity contribution >= 4 is 16.9 Å². The molecule has 0 saturated carbocycles. The van der Waals surface area contributed by atoms with Crippen LogP contribution in [0, 0.1) is 6.92 Å². The van der Waals surface area contributed by atoms with Gasteiger partial charge in [-0.2, -0.15) is 0 Å². The predicted molar refractivity (Wildman–Crippen MR) is 95.4 cm³/mol. The van der Waals surface area contributed by atoms with Crippen molar-refractivity contribution in [3.63, 3.8) is 0 Å². The molecule has 1 heterocycles. The quantitative estimate of drug-likeness (QED) is 0.793. The van der Waals surface area contributed by atoms with E-state index in [0.29, 0.717) is 5.76 Å². The molecule has 0 amide bonds. The Bertz CT molecular complexity index is 721. The second-order valence-electron chi connectivity index (χ2n) is 5.74. The molecule has 2 atom stereocenters. The van der Waals surface area contributed by atoms with E-state index in [4.69, 9.17) is 4.74 Å². The Balaban J connectivity index is 1.97. The molecular weight excluding hydrogens is 304 g/mol. The maximum absolute atomic E-state index is 12.2. The van der Waals surface area contributed by atoms with Gasteiger partial charge in [0, 0.05) is 5.92 Å². The fraction of sp³-hybridized carbons (Fsp3) is 0.250. The monoisotopic (exact) mass is 324 g/mol. The number of thioether (sulfide) groups is 1. The molecule has 2 nitrogen and oxygen atoms in total. The number of carbonyl (C=O) groups excluding carboxylic acids is 1. The van der Waals surface area contributed by atoms with Crippen molar-refractivity contribution < 1.29 is 9.53 Å². The second-order valence-corrected chi connectivity index (χ2v) is 6.52. The maximum Gasteiger partial charge on any atom is 0.253 e. The van der Waals surface area contributed by atoms with Gasteiger partial charge in [-0.05, 0) is 42.4 Å². The molecule has 2 aromatic rings. The number of hydrogen-bond donors (Lipinski definition) is 0. The third-order valence-electron chi connectivity index (χ3n) is 4.24. The van der Waals surface area contributed by atoms with E-state index in [9.17, 15) is 4.79 Å². The van der Waals surface area contributed by atoms with E-state index in [2.05, 4.69) is 31.2 Å². The minimum absolute atomic E-state index is 0.00999. The average Bonchev–Trinajstić information content (AvgIpc) is 2.61. The smallest absolute Gasteiger partial charge is 0.253 e. The molecule has 3 heteroatoms. The van der Waals surface area contributed by atoms with Crippen LogP contribution in [0.4, 0.5) is 0 Å². The van der Waals surface area contributed by atoms with Crippen molar-refractivity contribution in [2.45, 2.75) is 25.4 Å². The van der Waals surface area contributed by atoms with Crippen molar-refractivity contribution in [2.24, 2.45) is 0 Å². The highest BCUT2D eigenvalue weighted by molar-refractivity contribution is 8.13. The largest absolute Gasteiger partial charge is 0.481 e. The Hall–Kier alpha value is -2.00. The standard InChI is InChI=1S/C20H20O2S/c1-14-8-6-7-11-17(14)18-12-16(15-9-4-3-5-10-15)13-19(22-18)20(21)23-2/h3-11,13,16,18H,12H2,1-2H3/t16-,18+/m1/s1. The van der Waals surface area contributed by atoms with Gasteiger partial charge in [-0.15, -0.1) is 0 Å². The van der Waals surface area contributed by atoms with Crippen LogP contribution >= 0.6 is 11.8 Å². The van der Waals surface area contributed by atoms with Gasteiger partial charge in [0.05, 0.1) is 0 Å². The summed E-state index contributed by atoms with van der Waals surface area (Å²) in [6.45, 7) is 2.09. The first kappa shape index (κ1) is 15.9. The van der Waals surface area contributed by atoms with Crippen LogP contribution in [0.25, 0.3) is 0 Å². The van der Waals surface area contributed by atoms with E-state index in [-0.39, 0.29) is 17.1 Å². The fourth-order valence-electron chi connectivity index (χ4n) is 3.01. The summed E-state index contributed by atoms with van der Waals surface area (Å²) < 4.78 is 6.05. The Morgan fingerprint density at radius 2 is 1.78 bits per heavy atom. The van der Waals surface area contributed by atoms with Crippen LogP contribution in [0.5, 0.6) is 0 Å². The van der Waals surface area contributed by atoms with Crippen LogP contribution in [0.2, 0.25) is 0 Å². The summed E-state index contributed by atoms with van der Waals surface area (Å²) in [7, 11) is 0. The number of ether oxygens (including phenoxy) is 1. The fourth-order valence-corrected chi connectivity index (χ4v) is 3.33. The van der Waals surface area contributed by atoms with Crippen molar-refractivity contribution in [3.8, 4) is 0 Å². The lowest BCUT2D eigenvalue weighted by Gasteiger charge is -2.30. The van der Waals surface area contributed by atoms with Crippen molar-refractivity contribution in [2.75, 3.05) is 6.26 Å². The molecule has 0 fully saturated rings. The minimum atomic E-state index is -0.0856. The second kappa shape index (κ2) is 7.05. The lowest BCUT2D eigenvalue weighted by Crippen LogP contribution is -2.18. The molecule has 0 N–H and O–H groups in total. The van der Waals surface area contributed by atoms with E-state index in [1.807, 2.05) is 36.4 Å². The number of benzene rings is 2. The SMILES string of the molecule is CSC(=O)C1=C[C@H](c2ccccc2)C[C@@H](c2ccccc2C)O1. The van der Waals surface area contributed by atoms with Crippen LogP contribution in [0.3, 0.4) is 0 Å². The number of aryl methyl sites for hydroxylation is 1. The summed E-state index contributed by atoms with van der Waals surface area (Å²) in [6, 6.07) is 18.6. The molecule has 0 aliphatic carbocycles. The zero-order valence-electron chi connectivity index (χ0n) is 13.4. The molecule has 0 aromatic heterocycles. The first-order valence-corrected chi connectivity index (χ1v) is 8.98. The van der Waals surface area contributed by atoms with Gasteiger partial charge in [-0.3, -0.25) is 4.79 Å². The third kappa shape index (κ3) is 3.50. The topological polar surface area (TPSA) is 26.3 Å². The van der Waals surface area contributed by atoms with Gasteiger partial charge >= 0.3 is 0 Å². The molecule has 0 bridgehead atoms. The van der Waals surface area contributed by atoms with E-state index in [1.165, 1.54) is 22.9 Å². The highest BCUT2D eigenvalue weighted by atomic mass is 32.2. The van der Waals surface area contributed by atoms with Crippen molar-refractivity contribution in [1.29, 1.82) is 0 Å². The summed E-state index contributed by atoms with van der Waals surface area (Å²) in [4.78, 5) is 12.2. The van der Waals surface area contributed by atoms with E-state index < -0.39 is 0 Å². The lowest BCUT2D eigenvalue weighted by atomic mass is 9.87. The van der Waals surface area contributed by atoms with Crippen LogP contribution < -0.4 is 0 Å². The zero-order chi connectivity index (χ0) is 16.2. The molecule has 23 heavy (non-hydrogen) atoms. The van der Waals surface area contributed by atoms with Gasteiger partial charge in [0.15, 0.2) is 5.76 Å². The summed E-state index contributed by atoms with van der Waals surface area (Å²) in [5.41, 5.74) is 3.58. The normalized spacial score (nSPS) is 20.5.